The lowest BCUT2D eigenvalue weighted by atomic mass is 9.97. The number of fused-ring (bicyclic) bond motifs is 1. The Morgan fingerprint density at radius 1 is 1.15 bits per heavy atom. The van der Waals surface area contributed by atoms with E-state index in [4.69, 9.17) is 11.6 Å². The Labute approximate surface area is 202 Å². The molecule has 0 bridgehead atoms. The van der Waals surface area contributed by atoms with Gasteiger partial charge in [0.15, 0.2) is 5.82 Å². The number of nitrogens with one attached hydrogen (secondary N) is 1. The number of carbonyl (C=O) groups is 1. The van der Waals surface area contributed by atoms with E-state index >= 15 is 0 Å². The summed E-state index contributed by atoms with van der Waals surface area (Å²) in [4.78, 5) is 19.7. The summed E-state index contributed by atoms with van der Waals surface area (Å²) in [7, 11) is 0. The molecule has 6 nitrogen and oxygen atoms in total. The van der Waals surface area contributed by atoms with Gasteiger partial charge in [-0.1, -0.05) is 23.7 Å². The maximum atomic E-state index is 13.3. The molecule has 8 heteroatoms. The van der Waals surface area contributed by atoms with E-state index in [1.807, 2.05) is 30.3 Å². The summed E-state index contributed by atoms with van der Waals surface area (Å²) < 4.78 is 15.1. The molecule has 1 aliphatic rings. The lowest BCUT2D eigenvalue weighted by molar-refractivity contribution is -0.125. The molecule has 5 rings (SSSR count). The van der Waals surface area contributed by atoms with Gasteiger partial charge in [0.2, 0.25) is 5.91 Å². The van der Waals surface area contributed by atoms with Crippen LogP contribution in [0.2, 0.25) is 5.02 Å². The zero-order valence-electron chi connectivity index (χ0n) is 18.6. The van der Waals surface area contributed by atoms with Crippen LogP contribution in [0, 0.1) is 11.7 Å². The number of hydrogen-bond acceptors (Lipinski definition) is 4. The molecule has 1 atom stereocenters. The van der Waals surface area contributed by atoms with Gasteiger partial charge in [-0.25, -0.2) is 13.9 Å². The van der Waals surface area contributed by atoms with Crippen LogP contribution in [-0.4, -0.2) is 40.1 Å². The summed E-state index contributed by atoms with van der Waals surface area (Å²) in [5, 5.41) is 8.43. The first kappa shape index (κ1) is 22.3. The summed E-state index contributed by atoms with van der Waals surface area (Å²) in [5.74, 6) is 0.509. The van der Waals surface area contributed by atoms with Gasteiger partial charge in [0.1, 0.15) is 11.3 Å². The van der Waals surface area contributed by atoms with Crippen molar-refractivity contribution in [3.63, 3.8) is 0 Å². The number of carbonyl (C=O) groups excluding carboxylic acids is 1. The predicted molar refractivity (Wildman–Crippen MR) is 131 cm³/mol. The van der Waals surface area contributed by atoms with Crippen LogP contribution in [0.4, 0.5) is 10.2 Å². The normalized spacial score (nSPS) is 16.1. The molecule has 1 amide bonds. The van der Waals surface area contributed by atoms with Crippen molar-refractivity contribution in [1.29, 1.82) is 0 Å². The molecule has 0 spiro atoms. The topological polar surface area (TPSA) is 62.5 Å². The van der Waals surface area contributed by atoms with Crippen LogP contribution in [0.1, 0.15) is 18.4 Å². The Morgan fingerprint density at radius 3 is 2.74 bits per heavy atom. The zero-order valence-corrected chi connectivity index (χ0v) is 19.4. The fourth-order valence-electron chi connectivity index (χ4n) is 4.42. The molecule has 174 valence electrons. The van der Waals surface area contributed by atoms with Gasteiger partial charge < -0.3 is 10.2 Å². The third-order valence-electron chi connectivity index (χ3n) is 6.23. The molecule has 34 heavy (non-hydrogen) atoms. The number of hydrogen-bond donors (Lipinski definition) is 1. The van der Waals surface area contributed by atoms with E-state index in [0.717, 1.165) is 54.0 Å². The Bertz CT molecular complexity index is 1290. The first-order valence-electron chi connectivity index (χ1n) is 11.4. The molecule has 0 saturated carbocycles. The summed E-state index contributed by atoms with van der Waals surface area (Å²) in [5.41, 5.74) is 3.60. The number of nitrogens with zero attached hydrogens (tertiary/aromatic N) is 4. The van der Waals surface area contributed by atoms with Crippen molar-refractivity contribution in [3.05, 3.63) is 83.4 Å². The molecule has 1 N–H and O–H groups in total. The SMILES string of the molecule is O=C(NCCc1ccc(Cl)cc1)C1CCCN(c2nccn3nc(-c4ccc(F)cc4)cc23)C1. The minimum atomic E-state index is -0.277. The number of halogens is 2. The van der Waals surface area contributed by atoms with Crippen molar-refractivity contribution >= 4 is 28.8 Å². The van der Waals surface area contributed by atoms with Crippen LogP contribution in [0.5, 0.6) is 0 Å². The second-order valence-corrected chi connectivity index (χ2v) is 9.01. The van der Waals surface area contributed by atoms with E-state index in [0.29, 0.717) is 18.1 Å². The summed E-state index contributed by atoms with van der Waals surface area (Å²) >= 11 is 5.94. The second-order valence-electron chi connectivity index (χ2n) is 8.57. The average Bonchev–Trinajstić information content (AvgIpc) is 3.30. The first-order chi connectivity index (χ1) is 16.6. The van der Waals surface area contributed by atoms with Crippen LogP contribution in [0.3, 0.4) is 0 Å². The molecule has 3 heterocycles. The number of rotatable bonds is 6. The van der Waals surface area contributed by atoms with E-state index in [9.17, 15) is 9.18 Å². The van der Waals surface area contributed by atoms with Crippen LogP contribution in [0.25, 0.3) is 16.8 Å². The van der Waals surface area contributed by atoms with Gasteiger partial charge in [-0.15, -0.1) is 0 Å². The maximum Gasteiger partial charge on any atom is 0.224 e. The fraction of sp³-hybridized carbons (Fsp3) is 0.269. The minimum Gasteiger partial charge on any atom is -0.355 e. The molecule has 0 radical (unpaired) electrons. The molecule has 0 aliphatic carbocycles. The van der Waals surface area contributed by atoms with Crippen LogP contribution < -0.4 is 10.2 Å². The lowest BCUT2D eigenvalue weighted by Gasteiger charge is -2.33. The lowest BCUT2D eigenvalue weighted by Crippen LogP contribution is -2.44. The van der Waals surface area contributed by atoms with Crippen LogP contribution in [-0.2, 0) is 11.2 Å². The molecule has 2 aromatic carbocycles. The van der Waals surface area contributed by atoms with E-state index in [1.54, 1.807) is 29.0 Å². The van der Waals surface area contributed by atoms with Gasteiger partial charge >= 0.3 is 0 Å². The highest BCUT2D eigenvalue weighted by Gasteiger charge is 2.27. The second kappa shape index (κ2) is 9.81. The quantitative estimate of drug-likeness (QED) is 0.435. The highest BCUT2D eigenvalue weighted by molar-refractivity contribution is 6.30. The Balaban J connectivity index is 1.27. The van der Waals surface area contributed by atoms with Crippen molar-refractivity contribution in [2.24, 2.45) is 5.92 Å². The number of benzene rings is 2. The summed E-state index contributed by atoms with van der Waals surface area (Å²) in [6, 6.07) is 15.9. The summed E-state index contributed by atoms with van der Waals surface area (Å²) in [6.07, 6.45) is 6.06. The number of anilines is 1. The zero-order chi connectivity index (χ0) is 23.5. The van der Waals surface area contributed by atoms with Gasteiger partial charge in [-0.3, -0.25) is 4.79 Å². The van der Waals surface area contributed by atoms with Crippen LogP contribution in [0.15, 0.2) is 67.0 Å². The number of amides is 1. The van der Waals surface area contributed by atoms with Crippen molar-refractivity contribution < 1.29 is 9.18 Å². The number of piperidine rings is 1. The Morgan fingerprint density at radius 2 is 1.94 bits per heavy atom. The largest absolute Gasteiger partial charge is 0.355 e. The third-order valence-corrected chi connectivity index (χ3v) is 6.48. The van der Waals surface area contributed by atoms with Crippen molar-refractivity contribution in [3.8, 4) is 11.3 Å². The molecule has 1 fully saturated rings. The Kier molecular flexibility index (Phi) is 6.45. The molecule has 1 unspecified atom stereocenters. The fourth-order valence-corrected chi connectivity index (χ4v) is 4.55. The van der Waals surface area contributed by atoms with Gasteiger partial charge in [0.05, 0.1) is 11.6 Å². The van der Waals surface area contributed by atoms with Crippen molar-refractivity contribution in [2.45, 2.75) is 19.3 Å². The molecular formula is C26H25ClFN5O. The minimum absolute atomic E-state index is 0.0751. The van der Waals surface area contributed by atoms with E-state index in [1.165, 1.54) is 12.1 Å². The molecular weight excluding hydrogens is 453 g/mol. The van der Waals surface area contributed by atoms with Gasteiger partial charge in [-0.2, -0.15) is 5.10 Å². The van der Waals surface area contributed by atoms with E-state index < -0.39 is 0 Å². The third kappa shape index (κ3) is 4.89. The molecule has 4 aromatic rings. The summed E-state index contributed by atoms with van der Waals surface area (Å²) in [6.45, 7) is 2.03. The molecule has 2 aromatic heterocycles. The standard InChI is InChI=1S/C26H25ClFN5O/c27-21-7-3-18(4-8-21)11-12-30-26(34)20-2-1-14-32(17-20)25-24-16-23(31-33(24)15-13-29-25)19-5-9-22(28)10-6-19/h3-10,13,15-16,20H,1-2,11-12,14,17H2,(H,30,34). The van der Waals surface area contributed by atoms with Gasteiger partial charge in [0, 0.05) is 42.6 Å². The van der Waals surface area contributed by atoms with Gasteiger partial charge in [0.25, 0.3) is 0 Å². The number of aromatic nitrogens is 3. The highest BCUT2D eigenvalue weighted by atomic mass is 35.5. The van der Waals surface area contributed by atoms with Crippen molar-refractivity contribution in [2.75, 3.05) is 24.5 Å². The van der Waals surface area contributed by atoms with Crippen LogP contribution >= 0.6 is 11.6 Å². The predicted octanol–water partition coefficient (Wildman–Crippen LogP) is 4.76. The van der Waals surface area contributed by atoms with Gasteiger partial charge in [-0.05, 0) is 67.3 Å². The smallest absolute Gasteiger partial charge is 0.224 e. The molecule has 1 saturated heterocycles. The van der Waals surface area contributed by atoms with E-state index in [-0.39, 0.29) is 17.6 Å². The highest BCUT2D eigenvalue weighted by Crippen LogP contribution is 2.28. The molecule has 1 aliphatic heterocycles. The Hall–Kier alpha value is -3.45. The van der Waals surface area contributed by atoms with E-state index in [2.05, 4.69) is 20.3 Å². The van der Waals surface area contributed by atoms with Crippen molar-refractivity contribution in [1.82, 2.24) is 19.9 Å². The maximum absolute atomic E-state index is 13.3. The average molecular weight is 478 g/mol. The first-order valence-corrected chi connectivity index (χ1v) is 11.8. The monoisotopic (exact) mass is 477 g/mol.